The number of carboxylic acids is 1. The SMILES string of the molecule is O=C(O)C1CCCN(C(=O)Nc2ccc(-n3nccc3C(F)(F)F)cc2)C1. The number of carboxylic acid groups (broad SMARTS) is 1. The summed E-state index contributed by atoms with van der Waals surface area (Å²) in [7, 11) is 0. The van der Waals surface area contributed by atoms with Crippen LogP contribution in [0.15, 0.2) is 36.5 Å². The number of anilines is 1. The predicted molar refractivity (Wildman–Crippen MR) is 89.5 cm³/mol. The fourth-order valence-corrected chi connectivity index (χ4v) is 2.98. The van der Waals surface area contributed by atoms with Gasteiger partial charge in [0.2, 0.25) is 0 Å². The zero-order chi connectivity index (χ0) is 19.6. The molecule has 1 aliphatic heterocycles. The minimum absolute atomic E-state index is 0.126. The number of hydrogen-bond acceptors (Lipinski definition) is 3. The third-order valence-corrected chi connectivity index (χ3v) is 4.35. The van der Waals surface area contributed by atoms with Gasteiger partial charge in [-0.2, -0.15) is 18.3 Å². The highest BCUT2D eigenvalue weighted by Crippen LogP contribution is 2.30. The minimum Gasteiger partial charge on any atom is -0.481 e. The number of amides is 2. The van der Waals surface area contributed by atoms with E-state index in [9.17, 15) is 22.8 Å². The molecule has 1 atom stereocenters. The molecular weight excluding hydrogens is 365 g/mol. The van der Waals surface area contributed by atoms with Gasteiger partial charge in [0.15, 0.2) is 0 Å². The van der Waals surface area contributed by atoms with E-state index in [1.165, 1.54) is 29.2 Å². The van der Waals surface area contributed by atoms with Crippen LogP contribution >= 0.6 is 0 Å². The quantitative estimate of drug-likeness (QED) is 0.853. The third kappa shape index (κ3) is 4.21. The van der Waals surface area contributed by atoms with Gasteiger partial charge in [0, 0.05) is 18.8 Å². The molecule has 2 amide bonds. The molecule has 27 heavy (non-hydrogen) atoms. The first-order valence-electron chi connectivity index (χ1n) is 8.26. The van der Waals surface area contributed by atoms with Crippen LogP contribution in [-0.2, 0) is 11.0 Å². The van der Waals surface area contributed by atoms with Crippen molar-refractivity contribution in [2.45, 2.75) is 19.0 Å². The average Bonchev–Trinajstić information content (AvgIpc) is 3.12. The summed E-state index contributed by atoms with van der Waals surface area (Å²) in [6, 6.07) is 6.19. The lowest BCUT2D eigenvalue weighted by molar-refractivity contribution is -0.143. The van der Waals surface area contributed by atoms with Crippen LogP contribution < -0.4 is 5.32 Å². The zero-order valence-corrected chi connectivity index (χ0v) is 14.1. The van der Waals surface area contributed by atoms with Gasteiger partial charge in [0.05, 0.1) is 17.8 Å². The maximum absolute atomic E-state index is 12.9. The molecule has 144 valence electrons. The molecule has 0 radical (unpaired) electrons. The van der Waals surface area contributed by atoms with Crippen molar-refractivity contribution in [3.05, 3.63) is 42.2 Å². The van der Waals surface area contributed by atoms with Crippen LogP contribution in [0.1, 0.15) is 18.5 Å². The van der Waals surface area contributed by atoms with Crippen molar-refractivity contribution in [2.24, 2.45) is 5.92 Å². The molecule has 0 saturated carbocycles. The second-order valence-corrected chi connectivity index (χ2v) is 6.23. The van der Waals surface area contributed by atoms with E-state index in [-0.39, 0.29) is 12.2 Å². The van der Waals surface area contributed by atoms with Gasteiger partial charge in [-0.15, -0.1) is 0 Å². The molecule has 0 aliphatic carbocycles. The number of likely N-dealkylation sites (tertiary alicyclic amines) is 1. The molecule has 10 heteroatoms. The highest BCUT2D eigenvalue weighted by molar-refractivity contribution is 5.89. The largest absolute Gasteiger partial charge is 0.481 e. The minimum atomic E-state index is -4.53. The summed E-state index contributed by atoms with van der Waals surface area (Å²) in [6.45, 7) is 0.581. The number of carbonyl (C=O) groups is 2. The van der Waals surface area contributed by atoms with Crippen LogP contribution in [-0.4, -0.2) is 44.9 Å². The van der Waals surface area contributed by atoms with Gasteiger partial charge in [-0.3, -0.25) is 4.79 Å². The lowest BCUT2D eigenvalue weighted by Crippen LogP contribution is -2.44. The summed E-state index contributed by atoms with van der Waals surface area (Å²) in [5, 5.41) is 15.4. The van der Waals surface area contributed by atoms with E-state index in [1.54, 1.807) is 0 Å². The first-order valence-corrected chi connectivity index (χ1v) is 8.26. The Balaban J connectivity index is 1.69. The van der Waals surface area contributed by atoms with E-state index >= 15 is 0 Å². The van der Waals surface area contributed by atoms with E-state index in [0.29, 0.717) is 25.1 Å². The molecule has 1 fully saturated rings. The van der Waals surface area contributed by atoms with Crippen LogP contribution in [0.3, 0.4) is 0 Å². The first kappa shape index (κ1) is 18.7. The maximum atomic E-state index is 12.9. The number of halogens is 3. The Morgan fingerprint density at radius 3 is 2.52 bits per heavy atom. The molecule has 1 aliphatic rings. The summed E-state index contributed by atoms with van der Waals surface area (Å²) in [5.74, 6) is -1.52. The topological polar surface area (TPSA) is 87.5 Å². The Morgan fingerprint density at radius 2 is 1.89 bits per heavy atom. The summed E-state index contributed by atoms with van der Waals surface area (Å²) < 4.78 is 39.6. The van der Waals surface area contributed by atoms with Gasteiger partial charge >= 0.3 is 18.2 Å². The second-order valence-electron chi connectivity index (χ2n) is 6.23. The number of carbonyl (C=O) groups excluding carboxylic acids is 1. The predicted octanol–water partition coefficient (Wildman–Crippen LogP) is 3.22. The number of nitrogens with zero attached hydrogens (tertiary/aromatic N) is 3. The second kappa shape index (κ2) is 7.29. The Bertz CT molecular complexity index is 833. The fourth-order valence-electron chi connectivity index (χ4n) is 2.98. The monoisotopic (exact) mass is 382 g/mol. The first-order chi connectivity index (χ1) is 12.8. The van der Waals surface area contributed by atoms with Crippen LogP contribution in [0.2, 0.25) is 0 Å². The van der Waals surface area contributed by atoms with Crippen LogP contribution in [0.25, 0.3) is 5.69 Å². The fraction of sp³-hybridized carbons (Fsp3) is 0.353. The van der Waals surface area contributed by atoms with E-state index < -0.39 is 29.8 Å². The van der Waals surface area contributed by atoms with Crippen molar-refractivity contribution >= 4 is 17.7 Å². The third-order valence-electron chi connectivity index (χ3n) is 4.35. The van der Waals surface area contributed by atoms with Gasteiger partial charge < -0.3 is 15.3 Å². The molecule has 2 N–H and O–H groups in total. The maximum Gasteiger partial charge on any atom is 0.433 e. The Kier molecular flexibility index (Phi) is 5.06. The molecule has 0 spiro atoms. The van der Waals surface area contributed by atoms with Gasteiger partial charge in [-0.1, -0.05) is 0 Å². The van der Waals surface area contributed by atoms with E-state index in [1.807, 2.05) is 0 Å². The van der Waals surface area contributed by atoms with Crippen molar-refractivity contribution < 1.29 is 27.9 Å². The van der Waals surface area contributed by atoms with E-state index in [0.717, 1.165) is 16.9 Å². The van der Waals surface area contributed by atoms with Crippen molar-refractivity contribution in [1.29, 1.82) is 0 Å². The Labute approximate surface area is 152 Å². The standard InChI is InChI=1S/C17H17F3N4O3/c18-17(19,20)14-7-8-21-24(14)13-5-3-12(4-6-13)22-16(27)23-9-1-2-11(10-23)15(25)26/h3-8,11H,1-2,9-10H2,(H,22,27)(H,25,26). The van der Waals surface area contributed by atoms with Crippen LogP contribution in [0.4, 0.5) is 23.7 Å². The van der Waals surface area contributed by atoms with Crippen LogP contribution in [0.5, 0.6) is 0 Å². The molecule has 0 bridgehead atoms. The molecule has 1 unspecified atom stereocenters. The number of nitrogens with one attached hydrogen (secondary N) is 1. The lowest BCUT2D eigenvalue weighted by atomic mass is 9.99. The number of alkyl halides is 3. The summed E-state index contributed by atoms with van der Waals surface area (Å²) >= 11 is 0. The van der Waals surface area contributed by atoms with Crippen molar-refractivity contribution in [3.8, 4) is 5.69 Å². The van der Waals surface area contributed by atoms with Crippen molar-refractivity contribution in [2.75, 3.05) is 18.4 Å². The molecule has 7 nitrogen and oxygen atoms in total. The molecular formula is C17H17F3N4O3. The lowest BCUT2D eigenvalue weighted by Gasteiger charge is -2.30. The van der Waals surface area contributed by atoms with E-state index in [2.05, 4.69) is 10.4 Å². The highest BCUT2D eigenvalue weighted by Gasteiger charge is 2.35. The van der Waals surface area contributed by atoms with Crippen molar-refractivity contribution in [3.63, 3.8) is 0 Å². The number of hydrogen-bond donors (Lipinski definition) is 2. The normalized spacial score (nSPS) is 17.6. The summed E-state index contributed by atoms with van der Waals surface area (Å²) in [6.07, 6.45) is -2.34. The van der Waals surface area contributed by atoms with Gasteiger partial charge in [-0.05, 0) is 43.2 Å². The highest BCUT2D eigenvalue weighted by atomic mass is 19.4. The molecule has 1 saturated heterocycles. The van der Waals surface area contributed by atoms with Gasteiger partial charge in [-0.25, -0.2) is 9.48 Å². The zero-order valence-electron chi connectivity index (χ0n) is 14.1. The molecule has 3 rings (SSSR count). The number of rotatable bonds is 3. The number of benzene rings is 1. The Morgan fingerprint density at radius 1 is 1.19 bits per heavy atom. The smallest absolute Gasteiger partial charge is 0.433 e. The van der Waals surface area contributed by atoms with Gasteiger partial charge in [0.1, 0.15) is 5.69 Å². The van der Waals surface area contributed by atoms with Crippen LogP contribution in [0, 0.1) is 5.92 Å². The summed E-state index contributed by atoms with van der Waals surface area (Å²) in [5.41, 5.74) is -0.302. The molecule has 1 aromatic heterocycles. The average molecular weight is 382 g/mol. The molecule has 2 heterocycles. The number of aliphatic carboxylic acids is 1. The number of aromatic nitrogens is 2. The number of piperidine rings is 1. The van der Waals surface area contributed by atoms with Gasteiger partial charge in [0.25, 0.3) is 0 Å². The molecule has 1 aromatic carbocycles. The number of urea groups is 1. The van der Waals surface area contributed by atoms with E-state index in [4.69, 9.17) is 5.11 Å². The summed E-state index contributed by atoms with van der Waals surface area (Å²) in [4.78, 5) is 24.8. The van der Waals surface area contributed by atoms with Crippen molar-refractivity contribution in [1.82, 2.24) is 14.7 Å². The molecule has 2 aromatic rings. The Hall–Kier alpha value is -3.04.